The second-order valence-electron chi connectivity index (χ2n) is 7.99. The zero-order valence-corrected chi connectivity index (χ0v) is 20.1. The maximum absolute atomic E-state index is 7.32. The molecule has 1 saturated heterocycles. The van der Waals surface area contributed by atoms with Crippen molar-refractivity contribution in [3.8, 4) is 6.07 Å². The Morgan fingerprint density at radius 3 is 2.10 bits per heavy atom. The fourth-order valence-corrected chi connectivity index (χ4v) is 3.49. The van der Waals surface area contributed by atoms with Crippen LogP contribution in [-0.4, -0.2) is 103 Å². The van der Waals surface area contributed by atoms with Gasteiger partial charge >= 0.3 is 16.5 Å². The van der Waals surface area contributed by atoms with E-state index in [4.69, 9.17) is 10.2 Å². The summed E-state index contributed by atoms with van der Waals surface area (Å²) >= 11 is 0. The summed E-state index contributed by atoms with van der Waals surface area (Å²) in [6.45, 7) is 11.4. The third-order valence-corrected chi connectivity index (χ3v) is 5.55. The predicted octanol–water partition coefficient (Wildman–Crippen LogP) is 1.71. The van der Waals surface area contributed by atoms with Crippen molar-refractivity contribution in [3.63, 3.8) is 0 Å². The molecule has 0 N–H and O–H groups in total. The van der Waals surface area contributed by atoms with Gasteiger partial charge in [-0.1, -0.05) is 12.1 Å². The molecular weight excluding hydrogens is 421 g/mol. The molecule has 0 saturated carbocycles. The first-order valence-corrected chi connectivity index (χ1v) is 10.4. The molecule has 1 fully saturated rings. The molecule has 3 rings (SSSR count). The third kappa shape index (κ3) is 8.33. The fourth-order valence-electron chi connectivity index (χ4n) is 3.49. The Kier molecular flexibility index (Phi) is 12.2. The number of rotatable bonds is 5. The van der Waals surface area contributed by atoms with Crippen LogP contribution in [0.4, 0.5) is 0 Å². The van der Waals surface area contributed by atoms with Crippen molar-refractivity contribution >= 4 is 11.0 Å². The molecular formula is C22H37N7Ni+2. The summed E-state index contributed by atoms with van der Waals surface area (Å²) in [5.74, 6) is 1.14. The van der Waals surface area contributed by atoms with Gasteiger partial charge in [0.2, 0.25) is 0 Å². The quantitative estimate of drug-likeness (QED) is 0.637. The van der Waals surface area contributed by atoms with Gasteiger partial charge in [0.05, 0.1) is 23.6 Å². The molecule has 7 nitrogen and oxygen atoms in total. The van der Waals surface area contributed by atoms with Crippen molar-refractivity contribution in [1.29, 1.82) is 5.26 Å². The van der Waals surface area contributed by atoms with Gasteiger partial charge in [0, 0.05) is 66.3 Å². The summed E-state index contributed by atoms with van der Waals surface area (Å²) in [4.78, 5) is 14.7. The largest absolute Gasteiger partial charge is 2.00 e. The second kappa shape index (κ2) is 13.7. The second-order valence-corrected chi connectivity index (χ2v) is 7.99. The minimum atomic E-state index is 0. The molecule has 0 atom stereocenters. The van der Waals surface area contributed by atoms with Crippen LogP contribution in [0.1, 0.15) is 12.7 Å². The molecule has 1 aliphatic heterocycles. The Morgan fingerprint density at radius 1 is 1.00 bits per heavy atom. The van der Waals surface area contributed by atoms with Crippen LogP contribution in [-0.2, 0) is 30.1 Å². The number of para-hydroxylation sites is 2. The smallest absolute Gasteiger partial charge is 0.330 e. The van der Waals surface area contributed by atoms with E-state index in [1.165, 1.54) is 12.4 Å². The number of likely N-dealkylation sites (N-methyl/N-ethyl adjacent to an activating group) is 3. The minimum absolute atomic E-state index is 0. The molecule has 1 aliphatic rings. The van der Waals surface area contributed by atoms with Crippen molar-refractivity contribution < 1.29 is 16.5 Å². The minimum Gasteiger partial charge on any atom is -0.330 e. The molecule has 2 heterocycles. The molecule has 1 aromatic carbocycles. The maximum Gasteiger partial charge on any atom is 2.00 e. The third-order valence-electron chi connectivity index (χ3n) is 5.55. The summed E-state index contributed by atoms with van der Waals surface area (Å²) in [5.41, 5.74) is 2.30. The monoisotopic (exact) mass is 457 g/mol. The van der Waals surface area contributed by atoms with Crippen molar-refractivity contribution in [3.05, 3.63) is 30.1 Å². The number of imidazole rings is 1. The van der Waals surface area contributed by atoms with E-state index in [2.05, 4.69) is 76.6 Å². The summed E-state index contributed by atoms with van der Waals surface area (Å²) in [7, 11) is 8.78. The molecule has 0 unspecified atom stereocenters. The molecule has 0 spiro atoms. The van der Waals surface area contributed by atoms with Gasteiger partial charge in [0.25, 0.3) is 0 Å². The predicted molar refractivity (Wildman–Crippen MR) is 120 cm³/mol. The number of aromatic nitrogens is 2. The fraction of sp³-hybridized carbons (Fsp3) is 0.636. The Labute approximate surface area is 192 Å². The first-order valence-electron chi connectivity index (χ1n) is 10.4. The van der Waals surface area contributed by atoms with Crippen molar-refractivity contribution in [2.24, 2.45) is 7.05 Å². The Hall–Kier alpha value is -1.49. The SMILES string of the molecule is CC#N.CN1CCN(C)CCN(CCN(C)Cc2nc3ccccc3n2C)CC1.[Ni+2]. The number of aryl methyl sites for hydroxylation is 1. The molecule has 0 radical (unpaired) electrons. The number of benzene rings is 1. The van der Waals surface area contributed by atoms with E-state index < -0.39 is 0 Å². The van der Waals surface area contributed by atoms with Gasteiger partial charge in [-0.2, -0.15) is 5.26 Å². The van der Waals surface area contributed by atoms with E-state index in [9.17, 15) is 0 Å². The zero-order valence-electron chi connectivity index (χ0n) is 19.1. The molecule has 0 aliphatic carbocycles. The van der Waals surface area contributed by atoms with Crippen molar-refractivity contribution in [1.82, 2.24) is 29.2 Å². The average Bonchev–Trinajstić information content (AvgIpc) is 3.04. The standard InChI is InChI=1S/C20H34N6.C2H3N.Ni/c1-22-9-10-23(2)12-15-26(14-11-22)16-13-24(3)17-20-21-18-7-5-6-8-19(18)25(20)4;1-2-3;/h5-8H,9-17H2,1-4H3;1H3;/q;;+2. The Morgan fingerprint density at radius 2 is 1.53 bits per heavy atom. The topological polar surface area (TPSA) is 54.6 Å². The van der Waals surface area contributed by atoms with E-state index in [1.807, 2.05) is 0 Å². The number of nitrogens with zero attached hydrogens (tertiary/aromatic N) is 7. The molecule has 168 valence electrons. The van der Waals surface area contributed by atoms with Gasteiger partial charge < -0.3 is 14.4 Å². The van der Waals surface area contributed by atoms with E-state index in [-0.39, 0.29) is 16.5 Å². The summed E-state index contributed by atoms with van der Waals surface area (Å²) in [6, 6.07) is 10.1. The molecule has 8 heteroatoms. The van der Waals surface area contributed by atoms with Gasteiger partial charge in [-0.05, 0) is 33.3 Å². The van der Waals surface area contributed by atoms with Crippen LogP contribution in [0.2, 0.25) is 0 Å². The van der Waals surface area contributed by atoms with E-state index in [1.54, 1.807) is 6.07 Å². The van der Waals surface area contributed by atoms with Crippen molar-refractivity contribution in [2.45, 2.75) is 13.5 Å². The van der Waals surface area contributed by atoms with Gasteiger partial charge in [0.15, 0.2) is 0 Å². The maximum atomic E-state index is 7.32. The van der Waals surface area contributed by atoms with Crippen LogP contribution in [0.5, 0.6) is 0 Å². The summed E-state index contributed by atoms with van der Waals surface area (Å²) in [5, 5.41) is 7.32. The first kappa shape index (κ1) is 26.5. The Balaban J connectivity index is 0.00000106. The number of hydrogen-bond donors (Lipinski definition) is 0. The molecule has 0 amide bonds. The summed E-state index contributed by atoms with van der Waals surface area (Å²) < 4.78 is 2.22. The molecule has 1 aromatic heterocycles. The number of hydrogen-bond acceptors (Lipinski definition) is 6. The van der Waals surface area contributed by atoms with E-state index in [0.717, 1.165) is 70.2 Å². The van der Waals surface area contributed by atoms with Crippen LogP contribution in [0, 0.1) is 11.3 Å². The van der Waals surface area contributed by atoms with Crippen LogP contribution in [0.25, 0.3) is 11.0 Å². The van der Waals surface area contributed by atoms with E-state index >= 15 is 0 Å². The average molecular weight is 458 g/mol. The van der Waals surface area contributed by atoms with Gasteiger partial charge in [0.1, 0.15) is 5.82 Å². The van der Waals surface area contributed by atoms with Crippen LogP contribution >= 0.6 is 0 Å². The first-order chi connectivity index (χ1) is 13.9. The normalized spacial score (nSPS) is 16.7. The van der Waals surface area contributed by atoms with Gasteiger partial charge in [-0.3, -0.25) is 9.80 Å². The van der Waals surface area contributed by atoms with Crippen molar-refractivity contribution in [2.75, 3.05) is 73.5 Å². The molecule has 0 bridgehead atoms. The van der Waals surface area contributed by atoms with Gasteiger partial charge in [-0.25, -0.2) is 4.98 Å². The van der Waals surface area contributed by atoms with Gasteiger partial charge in [-0.15, -0.1) is 0 Å². The summed E-state index contributed by atoms with van der Waals surface area (Å²) in [6.07, 6.45) is 0. The number of fused-ring (bicyclic) bond motifs is 1. The molecule has 2 aromatic rings. The Bertz CT molecular complexity index is 771. The number of nitriles is 1. The van der Waals surface area contributed by atoms with Crippen LogP contribution in [0.3, 0.4) is 0 Å². The van der Waals surface area contributed by atoms with Crippen LogP contribution in [0.15, 0.2) is 24.3 Å². The zero-order chi connectivity index (χ0) is 21.2. The van der Waals surface area contributed by atoms with E-state index in [0.29, 0.717) is 0 Å². The molecule has 30 heavy (non-hydrogen) atoms. The van der Waals surface area contributed by atoms with Crippen LogP contribution < -0.4 is 0 Å².